The Bertz CT molecular complexity index is 552. The number of nitriles is 1. The first-order chi connectivity index (χ1) is 9.69. The van der Waals surface area contributed by atoms with Crippen LogP contribution in [0.2, 0.25) is 0 Å². The second kappa shape index (κ2) is 5.31. The molecule has 3 heterocycles. The Labute approximate surface area is 118 Å². The van der Waals surface area contributed by atoms with Gasteiger partial charge in [-0.15, -0.1) is 0 Å². The summed E-state index contributed by atoms with van der Waals surface area (Å²) in [5.74, 6) is 0.125. The molecular formula is C15H17N3O2. The van der Waals surface area contributed by atoms with Crippen LogP contribution in [0.25, 0.3) is 0 Å². The number of ketones is 1. The van der Waals surface area contributed by atoms with Crippen molar-refractivity contribution in [2.75, 3.05) is 20.3 Å². The van der Waals surface area contributed by atoms with Crippen molar-refractivity contribution < 1.29 is 9.53 Å². The Morgan fingerprint density at radius 2 is 2.10 bits per heavy atom. The number of likely N-dealkylation sites (N-methyl/N-ethyl adjacent to an activating group) is 1. The lowest BCUT2D eigenvalue weighted by Gasteiger charge is -2.46. The highest BCUT2D eigenvalue weighted by atomic mass is 16.5. The number of rotatable bonds is 2. The predicted molar refractivity (Wildman–Crippen MR) is 72.2 cm³/mol. The van der Waals surface area contributed by atoms with Gasteiger partial charge < -0.3 is 4.74 Å². The van der Waals surface area contributed by atoms with Crippen LogP contribution in [0.4, 0.5) is 0 Å². The number of nitrogens with zero attached hydrogens (tertiary/aromatic N) is 3. The number of Topliss-reactive ketones (excluding diaryl/α,β-unsaturated/α-hetero) is 1. The molecule has 20 heavy (non-hydrogen) atoms. The fraction of sp³-hybridized carbons (Fsp3) is 0.533. The SMILES string of the molecule is CN1C2COCC1CC(C(=O)c1cncc(C#N)c1)C2. The van der Waals surface area contributed by atoms with Gasteiger partial charge in [0.2, 0.25) is 0 Å². The second-order valence-corrected chi connectivity index (χ2v) is 5.62. The van der Waals surface area contributed by atoms with Gasteiger partial charge in [-0.25, -0.2) is 0 Å². The molecule has 0 spiro atoms. The molecule has 2 bridgehead atoms. The normalized spacial score (nSPS) is 29.7. The number of piperidine rings is 1. The predicted octanol–water partition coefficient (Wildman–Crippen LogP) is 1.25. The third kappa shape index (κ3) is 2.33. The Morgan fingerprint density at radius 1 is 1.40 bits per heavy atom. The van der Waals surface area contributed by atoms with Gasteiger partial charge in [-0.05, 0) is 26.0 Å². The van der Waals surface area contributed by atoms with Crippen LogP contribution in [0.3, 0.4) is 0 Å². The maximum atomic E-state index is 12.6. The molecule has 0 amide bonds. The molecule has 2 fully saturated rings. The third-order valence-corrected chi connectivity index (χ3v) is 4.41. The van der Waals surface area contributed by atoms with Crippen molar-refractivity contribution in [1.82, 2.24) is 9.88 Å². The van der Waals surface area contributed by atoms with Gasteiger partial charge in [0.05, 0.1) is 18.8 Å². The average Bonchev–Trinajstić information content (AvgIpc) is 2.46. The molecule has 1 aromatic rings. The molecule has 0 N–H and O–H groups in total. The highest BCUT2D eigenvalue weighted by Gasteiger charge is 2.39. The van der Waals surface area contributed by atoms with E-state index in [9.17, 15) is 4.79 Å². The Hall–Kier alpha value is -1.77. The molecule has 5 nitrogen and oxygen atoms in total. The zero-order valence-corrected chi connectivity index (χ0v) is 11.5. The van der Waals surface area contributed by atoms with E-state index < -0.39 is 0 Å². The van der Waals surface area contributed by atoms with Crippen LogP contribution in [0.5, 0.6) is 0 Å². The summed E-state index contributed by atoms with van der Waals surface area (Å²) in [6, 6.07) is 4.31. The highest BCUT2D eigenvalue weighted by molar-refractivity contribution is 5.98. The van der Waals surface area contributed by atoms with Gasteiger partial charge in [-0.3, -0.25) is 14.7 Å². The van der Waals surface area contributed by atoms with Crippen molar-refractivity contribution in [2.45, 2.75) is 24.9 Å². The average molecular weight is 271 g/mol. The second-order valence-electron chi connectivity index (χ2n) is 5.62. The fourth-order valence-electron chi connectivity index (χ4n) is 3.18. The van der Waals surface area contributed by atoms with Crippen LogP contribution in [-0.4, -0.2) is 48.0 Å². The standard InChI is InChI=1S/C15H17N3O2/c1-18-13-3-11(4-14(18)9-20-8-13)15(19)12-2-10(5-16)6-17-7-12/h2,6-7,11,13-14H,3-4,8-9H2,1H3. The van der Waals surface area contributed by atoms with E-state index in [0.717, 1.165) is 12.8 Å². The molecular weight excluding hydrogens is 254 g/mol. The van der Waals surface area contributed by atoms with Gasteiger partial charge in [-0.2, -0.15) is 5.26 Å². The summed E-state index contributed by atoms with van der Waals surface area (Å²) in [5, 5.41) is 8.90. The van der Waals surface area contributed by atoms with Crippen molar-refractivity contribution >= 4 is 5.78 Å². The Balaban J connectivity index is 1.79. The van der Waals surface area contributed by atoms with Gasteiger partial charge >= 0.3 is 0 Å². The molecule has 2 unspecified atom stereocenters. The molecule has 3 rings (SSSR count). The van der Waals surface area contributed by atoms with Gasteiger partial charge in [-0.1, -0.05) is 0 Å². The monoisotopic (exact) mass is 271 g/mol. The van der Waals surface area contributed by atoms with Gasteiger partial charge in [0, 0.05) is 36.0 Å². The lowest BCUT2D eigenvalue weighted by molar-refractivity contribution is -0.0702. The van der Waals surface area contributed by atoms with Gasteiger partial charge in [0.25, 0.3) is 0 Å². The maximum absolute atomic E-state index is 12.6. The summed E-state index contributed by atoms with van der Waals surface area (Å²) >= 11 is 0. The maximum Gasteiger partial charge on any atom is 0.167 e. The summed E-state index contributed by atoms with van der Waals surface area (Å²) in [5.41, 5.74) is 0.991. The minimum atomic E-state index is 0.0147. The Kier molecular flexibility index (Phi) is 3.51. The van der Waals surface area contributed by atoms with Crippen LogP contribution in [-0.2, 0) is 4.74 Å². The van der Waals surface area contributed by atoms with E-state index >= 15 is 0 Å². The number of hydrogen-bond donors (Lipinski definition) is 0. The van der Waals surface area contributed by atoms with Crippen molar-refractivity contribution in [3.05, 3.63) is 29.6 Å². The number of hydrogen-bond acceptors (Lipinski definition) is 5. The van der Waals surface area contributed by atoms with E-state index in [4.69, 9.17) is 10.00 Å². The molecule has 0 saturated carbocycles. The molecule has 2 aliphatic heterocycles. The van der Waals surface area contributed by atoms with E-state index in [1.54, 1.807) is 12.3 Å². The fourth-order valence-corrected chi connectivity index (χ4v) is 3.18. The number of pyridine rings is 1. The quantitative estimate of drug-likeness (QED) is 0.757. The highest BCUT2D eigenvalue weighted by Crippen LogP contribution is 2.32. The third-order valence-electron chi connectivity index (χ3n) is 4.41. The zero-order valence-electron chi connectivity index (χ0n) is 11.5. The summed E-state index contributed by atoms with van der Waals surface area (Å²) in [7, 11) is 2.11. The van der Waals surface area contributed by atoms with Gasteiger partial charge in [0.1, 0.15) is 6.07 Å². The molecule has 0 radical (unpaired) electrons. The van der Waals surface area contributed by atoms with Gasteiger partial charge in [0.15, 0.2) is 5.78 Å². The molecule has 2 aliphatic rings. The van der Waals surface area contributed by atoms with Crippen LogP contribution >= 0.6 is 0 Å². The first-order valence-corrected chi connectivity index (χ1v) is 6.88. The zero-order chi connectivity index (χ0) is 14.1. The first kappa shape index (κ1) is 13.2. The van der Waals surface area contributed by atoms with E-state index in [2.05, 4.69) is 16.9 Å². The van der Waals surface area contributed by atoms with E-state index in [0.29, 0.717) is 36.4 Å². The van der Waals surface area contributed by atoms with E-state index in [1.807, 2.05) is 6.07 Å². The number of aromatic nitrogens is 1. The number of carbonyl (C=O) groups is 1. The van der Waals surface area contributed by atoms with Crippen molar-refractivity contribution in [3.63, 3.8) is 0 Å². The minimum Gasteiger partial charge on any atom is -0.378 e. The van der Waals surface area contributed by atoms with E-state index in [1.165, 1.54) is 6.20 Å². The van der Waals surface area contributed by atoms with E-state index in [-0.39, 0.29) is 11.7 Å². The summed E-state index contributed by atoms with van der Waals surface area (Å²) < 4.78 is 5.57. The van der Waals surface area contributed by atoms with Crippen molar-refractivity contribution in [1.29, 1.82) is 5.26 Å². The molecule has 2 saturated heterocycles. The number of fused-ring (bicyclic) bond motifs is 2. The summed E-state index contributed by atoms with van der Waals surface area (Å²) in [6.45, 7) is 1.40. The number of morpholine rings is 1. The lowest BCUT2D eigenvalue weighted by Crippen LogP contribution is -2.55. The van der Waals surface area contributed by atoms with Crippen LogP contribution < -0.4 is 0 Å². The first-order valence-electron chi connectivity index (χ1n) is 6.88. The minimum absolute atomic E-state index is 0.0147. The number of ether oxygens (including phenoxy) is 1. The topological polar surface area (TPSA) is 66.2 Å². The molecule has 5 heteroatoms. The van der Waals surface area contributed by atoms with Crippen LogP contribution in [0, 0.1) is 17.2 Å². The van der Waals surface area contributed by atoms with Crippen LogP contribution in [0.1, 0.15) is 28.8 Å². The summed E-state index contributed by atoms with van der Waals surface area (Å²) in [6.07, 6.45) is 4.69. The lowest BCUT2D eigenvalue weighted by atomic mass is 9.81. The molecule has 0 aliphatic carbocycles. The molecule has 1 aromatic heterocycles. The van der Waals surface area contributed by atoms with Crippen molar-refractivity contribution in [2.24, 2.45) is 5.92 Å². The molecule has 104 valence electrons. The summed E-state index contributed by atoms with van der Waals surface area (Å²) in [4.78, 5) is 18.9. The molecule has 2 atom stereocenters. The van der Waals surface area contributed by atoms with Crippen LogP contribution in [0.15, 0.2) is 18.5 Å². The Morgan fingerprint density at radius 3 is 2.75 bits per heavy atom. The van der Waals surface area contributed by atoms with Crippen molar-refractivity contribution in [3.8, 4) is 6.07 Å². The molecule has 0 aromatic carbocycles. The largest absolute Gasteiger partial charge is 0.378 e. The smallest absolute Gasteiger partial charge is 0.167 e. The number of carbonyl (C=O) groups excluding carboxylic acids is 1.